The maximum atomic E-state index is 5.16. The van der Waals surface area contributed by atoms with E-state index in [1.165, 1.54) is 11.1 Å². The molecule has 4 heterocycles. The molecule has 0 amide bonds. The van der Waals surface area contributed by atoms with E-state index in [1.807, 2.05) is 37.4 Å². The van der Waals surface area contributed by atoms with Gasteiger partial charge in [-0.25, -0.2) is 9.97 Å². The largest absolute Gasteiger partial charge is 0.370 e. The van der Waals surface area contributed by atoms with Gasteiger partial charge in [-0.1, -0.05) is 115 Å². The number of para-hydroxylation sites is 1. The first-order valence-electron chi connectivity index (χ1n) is 17.3. The molecule has 5 heteroatoms. The van der Waals surface area contributed by atoms with Crippen molar-refractivity contribution in [3.05, 3.63) is 169 Å². The average Bonchev–Trinajstić information content (AvgIpc) is 3.18. The molecule has 0 fully saturated rings. The van der Waals surface area contributed by atoms with Gasteiger partial charge in [-0.2, -0.15) is 0 Å². The molecular formula is C46H35N5. The Labute approximate surface area is 297 Å². The van der Waals surface area contributed by atoms with Gasteiger partial charge in [-0.3, -0.25) is 9.97 Å². The third-order valence-electron chi connectivity index (χ3n) is 9.93. The third kappa shape index (κ3) is 5.53. The predicted octanol–water partition coefficient (Wildman–Crippen LogP) is 11.3. The summed E-state index contributed by atoms with van der Waals surface area (Å²) in [6, 6.07) is 48.6. The lowest BCUT2D eigenvalue weighted by atomic mass is 9.83. The fourth-order valence-corrected chi connectivity index (χ4v) is 7.35. The number of hydrogen-bond donors (Lipinski definition) is 1. The van der Waals surface area contributed by atoms with Gasteiger partial charge in [0, 0.05) is 50.5 Å². The van der Waals surface area contributed by atoms with Crippen molar-refractivity contribution in [1.29, 1.82) is 0 Å². The van der Waals surface area contributed by atoms with Crippen LogP contribution in [0, 0.1) is 6.92 Å². The van der Waals surface area contributed by atoms with Gasteiger partial charge in [0.05, 0.1) is 33.6 Å². The van der Waals surface area contributed by atoms with Crippen molar-refractivity contribution < 1.29 is 0 Å². The molecule has 5 aromatic carbocycles. The Balaban J connectivity index is 1.16. The second-order valence-corrected chi connectivity index (χ2v) is 13.5. The Morgan fingerprint density at radius 1 is 0.529 bits per heavy atom. The van der Waals surface area contributed by atoms with E-state index in [0.717, 1.165) is 78.0 Å². The van der Waals surface area contributed by atoms with Gasteiger partial charge < -0.3 is 5.32 Å². The summed E-state index contributed by atoms with van der Waals surface area (Å²) in [4.78, 5) is 20.0. The number of aryl methyl sites for hydroxylation is 1. The number of anilines is 1. The van der Waals surface area contributed by atoms with Crippen molar-refractivity contribution in [2.45, 2.75) is 26.3 Å². The summed E-state index contributed by atoms with van der Waals surface area (Å²) in [6.45, 7) is 6.47. The molecule has 51 heavy (non-hydrogen) atoms. The SMILES string of the molecule is CC1=C[C@](C)(c2cccc(-c3cc(-c4cccc(-c5cccc6cccnc56)c4)nc(-c4ccccc4)n3)c2)Nc2c1ccc1ccc(C)nc21. The maximum Gasteiger partial charge on any atom is 0.160 e. The number of pyridine rings is 2. The van der Waals surface area contributed by atoms with Crippen molar-refractivity contribution in [2.75, 3.05) is 5.32 Å². The van der Waals surface area contributed by atoms with E-state index in [9.17, 15) is 0 Å². The predicted molar refractivity (Wildman–Crippen MR) is 210 cm³/mol. The molecule has 3 aromatic heterocycles. The van der Waals surface area contributed by atoms with Crippen LogP contribution in [0.1, 0.15) is 30.7 Å². The third-order valence-corrected chi connectivity index (χ3v) is 9.93. The van der Waals surface area contributed by atoms with Gasteiger partial charge in [0.1, 0.15) is 0 Å². The summed E-state index contributed by atoms with van der Waals surface area (Å²) in [5, 5.41) is 6.14. The summed E-state index contributed by atoms with van der Waals surface area (Å²) in [6.07, 6.45) is 4.18. The average molecular weight is 658 g/mol. The molecule has 9 rings (SSSR count). The number of rotatable bonds is 5. The quantitative estimate of drug-likeness (QED) is 0.200. The molecule has 5 nitrogen and oxygen atoms in total. The molecule has 244 valence electrons. The van der Waals surface area contributed by atoms with E-state index in [1.54, 1.807) is 0 Å². The van der Waals surface area contributed by atoms with Gasteiger partial charge >= 0.3 is 0 Å². The zero-order chi connectivity index (χ0) is 34.5. The second-order valence-electron chi connectivity index (χ2n) is 13.5. The highest BCUT2D eigenvalue weighted by Crippen LogP contribution is 2.43. The van der Waals surface area contributed by atoms with Crippen LogP contribution in [0.15, 0.2) is 152 Å². The Bertz CT molecular complexity index is 2660. The topological polar surface area (TPSA) is 63.6 Å². The Morgan fingerprint density at radius 3 is 2.06 bits per heavy atom. The molecule has 1 N–H and O–H groups in total. The highest BCUT2D eigenvalue weighted by atomic mass is 15.0. The Hall–Kier alpha value is -6.46. The number of allylic oxidation sites excluding steroid dienone is 1. The molecule has 0 saturated heterocycles. The van der Waals surface area contributed by atoms with Crippen LogP contribution in [0.4, 0.5) is 5.69 Å². The molecule has 0 aliphatic carbocycles. The molecule has 1 aliphatic rings. The lowest BCUT2D eigenvalue weighted by Crippen LogP contribution is -2.33. The van der Waals surface area contributed by atoms with Crippen LogP contribution in [0.2, 0.25) is 0 Å². The molecule has 0 radical (unpaired) electrons. The fourth-order valence-electron chi connectivity index (χ4n) is 7.35. The van der Waals surface area contributed by atoms with Crippen LogP contribution < -0.4 is 5.32 Å². The summed E-state index contributed by atoms with van der Waals surface area (Å²) in [5.41, 5.74) is 14.1. The smallest absolute Gasteiger partial charge is 0.160 e. The summed E-state index contributed by atoms with van der Waals surface area (Å²) in [5.74, 6) is 0.685. The van der Waals surface area contributed by atoms with Crippen LogP contribution >= 0.6 is 0 Å². The van der Waals surface area contributed by atoms with Gasteiger partial charge in [0.25, 0.3) is 0 Å². The number of benzene rings is 5. The number of nitrogens with one attached hydrogen (secondary N) is 1. The highest BCUT2D eigenvalue weighted by Gasteiger charge is 2.31. The Kier molecular flexibility index (Phi) is 7.29. The fraction of sp³-hybridized carbons (Fsp3) is 0.0870. The normalized spacial score (nSPS) is 15.3. The monoisotopic (exact) mass is 657 g/mol. The minimum Gasteiger partial charge on any atom is -0.370 e. The summed E-state index contributed by atoms with van der Waals surface area (Å²) < 4.78 is 0. The van der Waals surface area contributed by atoms with Crippen molar-refractivity contribution >= 4 is 33.1 Å². The van der Waals surface area contributed by atoms with E-state index >= 15 is 0 Å². The van der Waals surface area contributed by atoms with Gasteiger partial charge in [0.15, 0.2) is 5.82 Å². The molecule has 8 aromatic rings. The van der Waals surface area contributed by atoms with E-state index in [-0.39, 0.29) is 0 Å². The van der Waals surface area contributed by atoms with Gasteiger partial charge in [-0.15, -0.1) is 0 Å². The maximum absolute atomic E-state index is 5.16. The molecule has 0 saturated carbocycles. The molecule has 1 aliphatic heterocycles. The Morgan fingerprint density at radius 2 is 1.22 bits per heavy atom. The van der Waals surface area contributed by atoms with Crippen molar-refractivity contribution in [1.82, 2.24) is 19.9 Å². The van der Waals surface area contributed by atoms with Crippen LogP contribution in [0.3, 0.4) is 0 Å². The molecule has 1 atom stereocenters. The first-order chi connectivity index (χ1) is 24.9. The van der Waals surface area contributed by atoms with E-state index in [4.69, 9.17) is 19.9 Å². The molecule has 0 unspecified atom stereocenters. The molecule has 0 bridgehead atoms. The zero-order valence-corrected chi connectivity index (χ0v) is 28.7. The first-order valence-corrected chi connectivity index (χ1v) is 17.3. The minimum absolute atomic E-state index is 0.467. The lowest BCUT2D eigenvalue weighted by molar-refractivity contribution is 0.686. The van der Waals surface area contributed by atoms with Crippen molar-refractivity contribution in [3.63, 3.8) is 0 Å². The van der Waals surface area contributed by atoms with Crippen LogP contribution in [-0.2, 0) is 5.54 Å². The minimum atomic E-state index is -0.467. The lowest BCUT2D eigenvalue weighted by Gasteiger charge is -2.36. The number of fused-ring (bicyclic) bond motifs is 4. The number of aromatic nitrogens is 4. The number of hydrogen-bond acceptors (Lipinski definition) is 5. The van der Waals surface area contributed by atoms with Gasteiger partial charge in [-0.05, 0) is 67.8 Å². The zero-order valence-electron chi connectivity index (χ0n) is 28.7. The first kappa shape index (κ1) is 30.6. The van der Waals surface area contributed by atoms with Crippen LogP contribution in [0.25, 0.3) is 72.4 Å². The van der Waals surface area contributed by atoms with Crippen LogP contribution in [0.5, 0.6) is 0 Å². The van der Waals surface area contributed by atoms with E-state index < -0.39 is 5.54 Å². The number of nitrogens with zero attached hydrogens (tertiary/aromatic N) is 4. The standard InChI is InChI=1S/C46H35N5/c1-29-28-46(3,51-44-38(29)23-22-32-21-20-30(2)48-43(32)44)37-18-8-16-36(26-37)41-27-40(49-45(50-41)33-11-5-4-6-12-33)35-15-7-14-34(25-35)39-19-9-13-31-17-10-24-47-42(31)39/h4-28,51H,1-3H3/t46-/m1/s1. The van der Waals surface area contributed by atoms with Crippen LogP contribution in [-0.4, -0.2) is 19.9 Å². The van der Waals surface area contributed by atoms with E-state index in [0.29, 0.717) is 5.82 Å². The van der Waals surface area contributed by atoms with Crippen molar-refractivity contribution in [2.24, 2.45) is 0 Å². The van der Waals surface area contributed by atoms with Gasteiger partial charge in [0.2, 0.25) is 0 Å². The van der Waals surface area contributed by atoms with Crippen molar-refractivity contribution in [3.8, 4) is 45.0 Å². The van der Waals surface area contributed by atoms with E-state index in [2.05, 4.69) is 141 Å². The second kappa shape index (κ2) is 12.1. The molecular weight excluding hydrogens is 623 g/mol. The summed E-state index contributed by atoms with van der Waals surface area (Å²) >= 11 is 0. The highest BCUT2D eigenvalue weighted by molar-refractivity contribution is 5.99. The summed E-state index contributed by atoms with van der Waals surface area (Å²) in [7, 11) is 0. The molecule has 0 spiro atoms.